The summed E-state index contributed by atoms with van der Waals surface area (Å²) in [6.45, 7) is 7.90. The Morgan fingerprint density at radius 3 is 2.29 bits per heavy atom. The number of esters is 1. The molecule has 0 aliphatic carbocycles. The third-order valence-electron chi connectivity index (χ3n) is 2.07. The molecule has 94 valence electrons. The fraction of sp³-hybridized carbons (Fsp3) is 0.500. The van der Waals surface area contributed by atoms with Crippen molar-refractivity contribution in [3.05, 3.63) is 35.9 Å². The molecule has 0 saturated carbocycles. The molecule has 0 heterocycles. The van der Waals surface area contributed by atoms with Gasteiger partial charge in [-0.25, -0.2) is 4.79 Å². The second-order valence-electron chi connectivity index (χ2n) is 4.77. The van der Waals surface area contributed by atoms with Crippen LogP contribution in [0.5, 0.6) is 0 Å². The van der Waals surface area contributed by atoms with E-state index in [-0.39, 0.29) is 5.97 Å². The Labute approximate surface area is 103 Å². The van der Waals surface area contributed by atoms with E-state index in [0.29, 0.717) is 6.61 Å². The molecule has 1 rings (SSSR count). The number of hydrogen-bond acceptors (Lipinski definition) is 3. The van der Waals surface area contributed by atoms with Gasteiger partial charge in [-0.2, -0.15) is 0 Å². The summed E-state index contributed by atoms with van der Waals surface area (Å²) >= 11 is 0. The van der Waals surface area contributed by atoms with Crippen molar-refractivity contribution in [2.24, 2.45) is 0 Å². The SMILES string of the molecule is CCOC(=O)[C@@H](OC(C)(C)C)c1ccccc1. The molecule has 3 heteroatoms. The van der Waals surface area contributed by atoms with E-state index in [1.165, 1.54) is 0 Å². The molecule has 1 aromatic carbocycles. The van der Waals surface area contributed by atoms with Gasteiger partial charge in [0.2, 0.25) is 0 Å². The molecular weight excluding hydrogens is 216 g/mol. The molecule has 0 amide bonds. The topological polar surface area (TPSA) is 35.5 Å². The van der Waals surface area contributed by atoms with E-state index < -0.39 is 11.7 Å². The number of hydrogen-bond donors (Lipinski definition) is 0. The summed E-state index contributed by atoms with van der Waals surface area (Å²) in [5.74, 6) is -0.339. The molecule has 0 aromatic heterocycles. The van der Waals surface area contributed by atoms with E-state index in [2.05, 4.69) is 0 Å². The van der Waals surface area contributed by atoms with Crippen LogP contribution in [-0.4, -0.2) is 18.2 Å². The number of benzene rings is 1. The summed E-state index contributed by atoms with van der Waals surface area (Å²) in [6, 6.07) is 9.41. The van der Waals surface area contributed by atoms with Crippen molar-refractivity contribution in [3.63, 3.8) is 0 Å². The van der Waals surface area contributed by atoms with Gasteiger partial charge in [0.25, 0.3) is 0 Å². The first kappa shape index (κ1) is 13.7. The van der Waals surface area contributed by atoms with Crippen LogP contribution in [0.3, 0.4) is 0 Å². The second kappa shape index (κ2) is 5.82. The first-order valence-electron chi connectivity index (χ1n) is 5.83. The maximum Gasteiger partial charge on any atom is 0.339 e. The van der Waals surface area contributed by atoms with Crippen molar-refractivity contribution < 1.29 is 14.3 Å². The van der Waals surface area contributed by atoms with Crippen LogP contribution in [0.25, 0.3) is 0 Å². The van der Waals surface area contributed by atoms with Gasteiger partial charge in [0.05, 0.1) is 12.2 Å². The lowest BCUT2D eigenvalue weighted by Gasteiger charge is -2.26. The van der Waals surface area contributed by atoms with Gasteiger partial charge in [0.1, 0.15) is 0 Å². The standard InChI is InChI=1S/C14H20O3/c1-5-16-13(15)12(17-14(2,3)4)11-9-7-6-8-10-11/h6-10,12H,5H2,1-4H3/t12-/m0/s1. The first-order valence-corrected chi connectivity index (χ1v) is 5.83. The van der Waals surface area contributed by atoms with E-state index in [9.17, 15) is 4.79 Å². The highest BCUT2D eigenvalue weighted by atomic mass is 16.6. The fourth-order valence-corrected chi connectivity index (χ4v) is 1.45. The average molecular weight is 236 g/mol. The number of carbonyl (C=O) groups is 1. The minimum absolute atomic E-state index is 0.339. The highest BCUT2D eigenvalue weighted by molar-refractivity contribution is 5.76. The molecule has 0 N–H and O–H groups in total. The Morgan fingerprint density at radius 2 is 1.82 bits per heavy atom. The van der Waals surface area contributed by atoms with Crippen LogP contribution in [-0.2, 0) is 14.3 Å². The van der Waals surface area contributed by atoms with Crippen molar-refractivity contribution in [3.8, 4) is 0 Å². The van der Waals surface area contributed by atoms with E-state index in [1.807, 2.05) is 51.1 Å². The molecular formula is C14H20O3. The van der Waals surface area contributed by atoms with Gasteiger partial charge in [-0.05, 0) is 33.3 Å². The predicted molar refractivity (Wildman–Crippen MR) is 66.7 cm³/mol. The lowest BCUT2D eigenvalue weighted by molar-refractivity contribution is -0.166. The first-order chi connectivity index (χ1) is 7.94. The van der Waals surface area contributed by atoms with Gasteiger partial charge >= 0.3 is 5.97 Å². The smallest absolute Gasteiger partial charge is 0.339 e. The van der Waals surface area contributed by atoms with Crippen LogP contribution >= 0.6 is 0 Å². The Hall–Kier alpha value is -1.35. The molecule has 3 nitrogen and oxygen atoms in total. The van der Waals surface area contributed by atoms with Gasteiger partial charge in [-0.15, -0.1) is 0 Å². The fourth-order valence-electron chi connectivity index (χ4n) is 1.45. The zero-order valence-electron chi connectivity index (χ0n) is 10.9. The summed E-state index contributed by atoms with van der Waals surface area (Å²) in [5, 5.41) is 0. The molecule has 0 fully saturated rings. The van der Waals surface area contributed by atoms with E-state index >= 15 is 0 Å². The summed E-state index contributed by atoms with van der Waals surface area (Å²) in [4.78, 5) is 11.9. The lowest BCUT2D eigenvalue weighted by Crippen LogP contribution is -2.28. The van der Waals surface area contributed by atoms with Crippen LogP contribution in [0.2, 0.25) is 0 Å². The number of ether oxygens (including phenoxy) is 2. The second-order valence-corrected chi connectivity index (χ2v) is 4.77. The zero-order valence-corrected chi connectivity index (χ0v) is 10.9. The normalized spacial score (nSPS) is 13.2. The maximum atomic E-state index is 11.9. The van der Waals surface area contributed by atoms with Gasteiger partial charge in [-0.3, -0.25) is 0 Å². The molecule has 0 saturated heterocycles. The van der Waals surface area contributed by atoms with Crippen molar-refractivity contribution in [1.82, 2.24) is 0 Å². The zero-order chi connectivity index (χ0) is 12.9. The largest absolute Gasteiger partial charge is 0.464 e. The summed E-state index contributed by atoms with van der Waals surface area (Å²) < 4.78 is 10.8. The summed E-state index contributed by atoms with van der Waals surface area (Å²) in [5.41, 5.74) is 0.425. The molecule has 0 aliphatic rings. The van der Waals surface area contributed by atoms with Crippen molar-refractivity contribution in [2.45, 2.75) is 39.4 Å². The molecule has 0 spiro atoms. The monoisotopic (exact) mass is 236 g/mol. The Bertz CT molecular complexity index is 351. The molecule has 0 unspecified atom stereocenters. The van der Waals surface area contributed by atoms with Gasteiger partial charge in [0.15, 0.2) is 6.10 Å². The Balaban J connectivity index is 2.91. The van der Waals surface area contributed by atoms with Crippen LogP contribution in [0, 0.1) is 0 Å². The summed E-state index contributed by atoms with van der Waals surface area (Å²) in [6.07, 6.45) is -0.656. The minimum Gasteiger partial charge on any atom is -0.464 e. The predicted octanol–water partition coefficient (Wildman–Crippen LogP) is 3.11. The molecule has 1 atom stereocenters. The van der Waals surface area contributed by atoms with Crippen molar-refractivity contribution in [2.75, 3.05) is 6.61 Å². The van der Waals surface area contributed by atoms with Gasteiger partial charge in [-0.1, -0.05) is 30.3 Å². The van der Waals surface area contributed by atoms with E-state index in [4.69, 9.17) is 9.47 Å². The number of carbonyl (C=O) groups excluding carboxylic acids is 1. The van der Waals surface area contributed by atoms with Gasteiger partial charge in [0, 0.05) is 0 Å². The Morgan fingerprint density at radius 1 is 1.24 bits per heavy atom. The van der Waals surface area contributed by atoms with Crippen LogP contribution in [0.15, 0.2) is 30.3 Å². The third-order valence-corrected chi connectivity index (χ3v) is 2.07. The number of rotatable bonds is 4. The molecule has 17 heavy (non-hydrogen) atoms. The minimum atomic E-state index is -0.656. The Kier molecular flexibility index (Phi) is 4.70. The lowest BCUT2D eigenvalue weighted by atomic mass is 10.1. The third kappa shape index (κ3) is 4.57. The highest BCUT2D eigenvalue weighted by Gasteiger charge is 2.27. The maximum absolute atomic E-state index is 11.9. The van der Waals surface area contributed by atoms with Crippen molar-refractivity contribution >= 4 is 5.97 Å². The molecule has 0 aliphatic heterocycles. The van der Waals surface area contributed by atoms with Crippen LogP contribution < -0.4 is 0 Å². The molecule has 1 aromatic rings. The molecule has 0 radical (unpaired) electrons. The van der Waals surface area contributed by atoms with Crippen LogP contribution in [0.1, 0.15) is 39.4 Å². The van der Waals surface area contributed by atoms with E-state index in [0.717, 1.165) is 5.56 Å². The summed E-state index contributed by atoms with van der Waals surface area (Å²) in [7, 11) is 0. The van der Waals surface area contributed by atoms with E-state index in [1.54, 1.807) is 6.92 Å². The average Bonchev–Trinajstić information content (AvgIpc) is 2.26. The van der Waals surface area contributed by atoms with Crippen LogP contribution in [0.4, 0.5) is 0 Å². The highest BCUT2D eigenvalue weighted by Crippen LogP contribution is 2.25. The quantitative estimate of drug-likeness (QED) is 0.753. The van der Waals surface area contributed by atoms with Gasteiger partial charge < -0.3 is 9.47 Å². The molecule has 0 bridgehead atoms. The van der Waals surface area contributed by atoms with Crippen molar-refractivity contribution in [1.29, 1.82) is 0 Å².